The monoisotopic (exact) mass is 537 g/mol. The average Bonchev–Trinajstić information content (AvgIpc) is 2.93. The molecule has 1 nitrogen and oxygen atoms in total. The fourth-order valence-electron chi connectivity index (χ4n) is 6.46. The van der Waals surface area contributed by atoms with Crippen molar-refractivity contribution in [2.24, 2.45) is 0 Å². The molecule has 0 aliphatic carbocycles. The van der Waals surface area contributed by atoms with Crippen LogP contribution in [0, 0.1) is 0 Å². The van der Waals surface area contributed by atoms with Crippen LogP contribution in [0.2, 0.25) is 0 Å². The Morgan fingerprint density at radius 1 is 0.211 bits per heavy atom. The van der Waals surface area contributed by atoms with Gasteiger partial charge in [-0.2, -0.15) is 0 Å². The molecule has 0 amide bonds. The molecule has 0 spiro atoms. The first kappa shape index (κ1) is 38.0. The summed E-state index contributed by atoms with van der Waals surface area (Å²) >= 11 is 0. The Morgan fingerprint density at radius 3 is 0.553 bits per heavy atom. The quantitative estimate of drug-likeness (QED) is 0.0577. The van der Waals surface area contributed by atoms with Gasteiger partial charge in [0.05, 0.1) is 26.2 Å². The van der Waals surface area contributed by atoms with Crippen LogP contribution in [-0.4, -0.2) is 30.7 Å². The molecule has 0 heterocycles. The Hall–Kier alpha value is -0.0400. The standard InChI is InChI=1S/C37H78N/c1-5-9-13-17-21-22-23-24-25-29-33-37-38(34-30-26-18-14-10-6-2,35-31-27-19-15-11-7-3)36-32-28-20-16-12-8-4/h5-37H2,1-4H3/q+1. The van der Waals surface area contributed by atoms with Crippen molar-refractivity contribution in [3.63, 3.8) is 0 Å². The van der Waals surface area contributed by atoms with E-state index in [-0.39, 0.29) is 0 Å². The van der Waals surface area contributed by atoms with Gasteiger partial charge in [-0.1, -0.05) is 163 Å². The lowest BCUT2D eigenvalue weighted by Crippen LogP contribution is -2.50. The Labute approximate surface area is 244 Å². The largest absolute Gasteiger partial charge is 0.324 e. The fourth-order valence-corrected chi connectivity index (χ4v) is 6.46. The molecule has 0 unspecified atom stereocenters. The van der Waals surface area contributed by atoms with Crippen molar-refractivity contribution in [3.8, 4) is 0 Å². The van der Waals surface area contributed by atoms with E-state index >= 15 is 0 Å². The number of quaternary nitrogens is 1. The molecule has 0 aliphatic rings. The predicted octanol–water partition coefficient (Wildman–Crippen LogP) is 13.2. The van der Waals surface area contributed by atoms with Crippen LogP contribution in [0.5, 0.6) is 0 Å². The third kappa shape index (κ3) is 26.2. The summed E-state index contributed by atoms with van der Waals surface area (Å²) in [7, 11) is 0. The second-order valence-corrected chi connectivity index (χ2v) is 13.1. The van der Waals surface area contributed by atoms with Crippen molar-refractivity contribution in [1.29, 1.82) is 0 Å². The van der Waals surface area contributed by atoms with Gasteiger partial charge in [-0.25, -0.2) is 0 Å². The van der Waals surface area contributed by atoms with Crippen LogP contribution in [0.1, 0.15) is 214 Å². The molecular formula is C37H78N+. The first-order valence-corrected chi connectivity index (χ1v) is 18.6. The molecule has 0 saturated carbocycles. The van der Waals surface area contributed by atoms with Gasteiger partial charge in [0.1, 0.15) is 0 Å². The van der Waals surface area contributed by atoms with Gasteiger partial charge < -0.3 is 4.48 Å². The minimum Gasteiger partial charge on any atom is -0.324 e. The third-order valence-electron chi connectivity index (χ3n) is 9.19. The molecule has 0 aromatic heterocycles. The molecule has 0 aromatic carbocycles. The minimum absolute atomic E-state index is 1.37. The number of unbranched alkanes of at least 4 members (excludes halogenated alkanes) is 25. The van der Waals surface area contributed by atoms with Gasteiger partial charge in [0, 0.05) is 0 Å². The molecule has 38 heavy (non-hydrogen) atoms. The number of hydrogen-bond acceptors (Lipinski definition) is 0. The zero-order chi connectivity index (χ0) is 27.8. The first-order chi connectivity index (χ1) is 18.7. The van der Waals surface area contributed by atoms with Crippen molar-refractivity contribution in [3.05, 3.63) is 0 Å². The molecule has 0 atom stereocenters. The Balaban J connectivity index is 4.66. The van der Waals surface area contributed by atoms with Gasteiger partial charge in [0.15, 0.2) is 0 Å². The summed E-state index contributed by atoms with van der Waals surface area (Å²) in [6, 6.07) is 0. The van der Waals surface area contributed by atoms with E-state index in [2.05, 4.69) is 27.7 Å². The SMILES string of the molecule is CCCCCCCCCCCCC[N+](CCCCCCCC)(CCCCCCCC)CCCCCCCC. The van der Waals surface area contributed by atoms with E-state index in [0.717, 1.165) is 0 Å². The molecule has 0 N–H and O–H groups in total. The lowest BCUT2D eigenvalue weighted by Gasteiger charge is -2.40. The van der Waals surface area contributed by atoms with E-state index < -0.39 is 0 Å². The maximum atomic E-state index is 2.34. The van der Waals surface area contributed by atoms with Crippen LogP contribution in [0.4, 0.5) is 0 Å². The molecule has 0 rings (SSSR count). The van der Waals surface area contributed by atoms with Crippen LogP contribution in [0.25, 0.3) is 0 Å². The summed E-state index contributed by atoms with van der Waals surface area (Å²) in [5.74, 6) is 0. The van der Waals surface area contributed by atoms with Crippen molar-refractivity contribution in [2.45, 2.75) is 214 Å². The molecule has 0 bridgehead atoms. The third-order valence-corrected chi connectivity index (χ3v) is 9.19. The highest BCUT2D eigenvalue weighted by Gasteiger charge is 2.25. The molecule has 0 saturated heterocycles. The van der Waals surface area contributed by atoms with E-state index in [0.29, 0.717) is 0 Å². The van der Waals surface area contributed by atoms with Gasteiger partial charge in [0.2, 0.25) is 0 Å². The first-order valence-electron chi connectivity index (χ1n) is 18.6. The molecule has 0 fully saturated rings. The van der Waals surface area contributed by atoms with Crippen molar-refractivity contribution in [2.75, 3.05) is 26.2 Å². The van der Waals surface area contributed by atoms with Crippen LogP contribution in [0.3, 0.4) is 0 Å². The highest BCUT2D eigenvalue weighted by Crippen LogP contribution is 2.21. The summed E-state index contributed by atoms with van der Waals surface area (Å²) in [5.41, 5.74) is 0. The maximum Gasteiger partial charge on any atom is 0.0786 e. The molecule has 230 valence electrons. The van der Waals surface area contributed by atoms with E-state index in [1.807, 2.05) is 0 Å². The van der Waals surface area contributed by atoms with Crippen molar-refractivity contribution in [1.82, 2.24) is 0 Å². The zero-order valence-electron chi connectivity index (χ0n) is 27.8. The summed E-state index contributed by atoms with van der Waals surface area (Å²) in [4.78, 5) is 0. The highest BCUT2D eigenvalue weighted by atomic mass is 15.3. The maximum absolute atomic E-state index is 2.34. The van der Waals surface area contributed by atoms with E-state index in [4.69, 9.17) is 0 Å². The number of rotatable bonds is 33. The predicted molar refractivity (Wildman–Crippen MR) is 176 cm³/mol. The molecule has 0 radical (unpaired) electrons. The molecule has 0 aromatic rings. The van der Waals surface area contributed by atoms with Gasteiger partial charge in [-0.3, -0.25) is 0 Å². The van der Waals surface area contributed by atoms with E-state index in [1.165, 1.54) is 217 Å². The Bertz CT molecular complexity index is 376. The minimum atomic E-state index is 1.37. The normalized spacial score (nSPS) is 12.0. The summed E-state index contributed by atoms with van der Waals surface area (Å²) in [6.07, 6.45) is 42.2. The van der Waals surface area contributed by atoms with Crippen molar-refractivity contribution < 1.29 is 4.48 Å². The number of hydrogen-bond donors (Lipinski definition) is 0. The Morgan fingerprint density at radius 2 is 0.368 bits per heavy atom. The molecule has 0 aliphatic heterocycles. The Kier molecular flexibility index (Phi) is 31.5. The second-order valence-electron chi connectivity index (χ2n) is 13.1. The van der Waals surface area contributed by atoms with E-state index in [1.54, 1.807) is 0 Å². The highest BCUT2D eigenvalue weighted by molar-refractivity contribution is 4.55. The van der Waals surface area contributed by atoms with Gasteiger partial charge in [-0.15, -0.1) is 0 Å². The van der Waals surface area contributed by atoms with Crippen LogP contribution in [0.15, 0.2) is 0 Å². The molecule has 1 heteroatoms. The average molecular weight is 537 g/mol. The topological polar surface area (TPSA) is 0 Å². The van der Waals surface area contributed by atoms with Crippen LogP contribution in [-0.2, 0) is 0 Å². The second kappa shape index (κ2) is 31.5. The smallest absolute Gasteiger partial charge is 0.0786 e. The van der Waals surface area contributed by atoms with Crippen molar-refractivity contribution >= 4 is 0 Å². The molecular weight excluding hydrogens is 458 g/mol. The van der Waals surface area contributed by atoms with E-state index in [9.17, 15) is 0 Å². The zero-order valence-corrected chi connectivity index (χ0v) is 27.8. The summed E-state index contributed by atoms with van der Waals surface area (Å²) < 4.78 is 1.48. The summed E-state index contributed by atoms with van der Waals surface area (Å²) in [6.45, 7) is 15.3. The fraction of sp³-hybridized carbons (Fsp3) is 1.00. The summed E-state index contributed by atoms with van der Waals surface area (Å²) in [5, 5.41) is 0. The van der Waals surface area contributed by atoms with Gasteiger partial charge in [0.25, 0.3) is 0 Å². The lowest BCUT2D eigenvalue weighted by molar-refractivity contribution is -0.929. The van der Waals surface area contributed by atoms with Gasteiger partial charge >= 0.3 is 0 Å². The van der Waals surface area contributed by atoms with Gasteiger partial charge in [-0.05, 0) is 51.4 Å². The van der Waals surface area contributed by atoms with Crippen LogP contribution < -0.4 is 0 Å². The lowest BCUT2D eigenvalue weighted by atomic mass is 10.0. The number of nitrogens with zero attached hydrogens (tertiary/aromatic N) is 1. The van der Waals surface area contributed by atoms with Crippen LogP contribution >= 0.6 is 0 Å².